The van der Waals surface area contributed by atoms with Crippen molar-refractivity contribution in [1.82, 2.24) is 14.5 Å². The summed E-state index contributed by atoms with van der Waals surface area (Å²) in [5.41, 5.74) is 2.62. The molecule has 3 aromatic rings. The Morgan fingerprint density at radius 2 is 1.98 bits per heavy atom. The molecule has 5 rings (SSSR count). The average Bonchev–Trinajstić information content (AvgIpc) is 3.15. The van der Waals surface area contributed by atoms with Crippen LogP contribution in [-0.2, 0) is 22.3 Å². The summed E-state index contributed by atoms with van der Waals surface area (Å²) >= 11 is 6.88. The van der Waals surface area contributed by atoms with Crippen LogP contribution in [-0.4, -0.2) is 71.0 Å². The van der Waals surface area contributed by atoms with E-state index >= 15 is 4.39 Å². The van der Waals surface area contributed by atoms with E-state index in [1.165, 1.54) is 10.6 Å². The first-order chi connectivity index (χ1) is 20.3. The molecule has 1 amide bonds. The van der Waals surface area contributed by atoms with Crippen molar-refractivity contribution >= 4 is 46.0 Å². The molecule has 1 aromatic heterocycles. The van der Waals surface area contributed by atoms with Crippen molar-refractivity contribution in [3.63, 3.8) is 0 Å². The first-order valence-corrected chi connectivity index (χ1v) is 14.7. The Morgan fingerprint density at radius 1 is 1.23 bits per heavy atom. The van der Waals surface area contributed by atoms with Gasteiger partial charge in [-0.2, -0.15) is 18.2 Å². The van der Waals surface area contributed by atoms with Crippen LogP contribution in [0.5, 0.6) is 0 Å². The van der Waals surface area contributed by atoms with Crippen molar-refractivity contribution in [3.05, 3.63) is 63.6 Å². The Labute approximate surface area is 252 Å². The molecule has 0 aliphatic carbocycles. The quantitative estimate of drug-likeness (QED) is 0.237. The largest absolute Gasteiger partial charge is 0.417 e. The average molecular weight is 644 g/mol. The molecule has 2 aliphatic rings. The minimum atomic E-state index is -4.99. The summed E-state index contributed by atoms with van der Waals surface area (Å²) in [4.78, 5) is 33.3. The molecule has 230 valence electrons. The van der Waals surface area contributed by atoms with Crippen LogP contribution >= 0.6 is 23.4 Å². The molecule has 3 heterocycles. The zero-order valence-corrected chi connectivity index (χ0v) is 24.5. The number of carbonyl (C=O) groups excluding carboxylic acids is 1. The molecule has 0 radical (unpaired) electrons. The topological polar surface area (TPSA) is 93.7 Å². The Morgan fingerprint density at radius 3 is 2.63 bits per heavy atom. The highest BCUT2D eigenvalue weighted by Gasteiger charge is 2.40. The number of nitrogens with zero attached hydrogens (tertiary/aromatic N) is 4. The smallest absolute Gasteiger partial charge is 0.374 e. The van der Waals surface area contributed by atoms with E-state index in [0.717, 1.165) is 23.9 Å². The van der Waals surface area contributed by atoms with Crippen LogP contribution < -0.4 is 16.3 Å². The number of anilines is 1. The molecular weight excluding hydrogens is 617 g/mol. The third-order valence-electron chi connectivity index (χ3n) is 7.44. The summed E-state index contributed by atoms with van der Waals surface area (Å²) < 4.78 is 80.8. The maximum atomic E-state index is 15.2. The SMILES string of the molecule is C=CC(=O)N1CCN(c2nc(=O)n3c4c(c(-c5cc(Cl)c(F)cc5F)c(C(F)(F)F)cc24)SCC(OCCN)C3)CC1C. The minimum Gasteiger partial charge on any atom is -0.374 e. The van der Waals surface area contributed by atoms with E-state index in [9.17, 15) is 27.2 Å². The first kappa shape index (κ1) is 31.2. The number of aromatic nitrogens is 2. The van der Waals surface area contributed by atoms with Gasteiger partial charge in [0.15, 0.2) is 0 Å². The monoisotopic (exact) mass is 643 g/mol. The van der Waals surface area contributed by atoms with Crippen LogP contribution in [0.25, 0.3) is 22.0 Å². The molecule has 1 saturated heterocycles. The molecule has 1 fully saturated rings. The van der Waals surface area contributed by atoms with Crippen molar-refractivity contribution in [2.75, 3.05) is 43.4 Å². The Balaban J connectivity index is 1.81. The highest BCUT2D eigenvalue weighted by atomic mass is 35.5. The molecule has 0 bridgehead atoms. The van der Waals surface area contributed by atoms with Crippen molar-refractivity contribution < 1.29 is 31.5 Å². The fourth-order valence-corrected chi connectivity index (χ4v) is 6.95. The van der Waals surface area contributed by atoms with Crippen molar-refractivity contribution in [2.24, 2.45) is 5.73 Å². The summed E-state index contributed by atoms with van der Waals surface area (Å²) in [6.07, 6.45) is -4.44. The zero-order chi connectivity index (χ0) is 31.2. The summed E-state index contributed by atoms with van der Waals surface area (Å²) in [6.45, 7) is 6.14. The van der Waals surface area contributed by atoms with Gasteiger partial charge in [-0.3, -0.25) is 9.36 Å². The van der Waals surface area contributed by atoms with Crippen molar-refractivity contribution in [2.45, 2.75) is 36.7 Å². The molecule has 2 N–H and O–H groups in total. The highest BCUT2D eigenvalue weighted by molar-refractivity contribution is 7.99. The lowest BCUT2D eigenvalue weighted by atomic mass is 9.95. The van der Waals surface area contributed by atoms with Crippen LogP contribution in [0, 0.1) is 11.6 Å². The second kappa shape index (κ2) is 12.1. The number of piperazine rings is 1. The van der Waals surface area contributed by atoms with E-state index in [4.69, 9.17) is 22.1 Å². The molecule has 0 spiro atoms. The van der Waals surface area contributed by atoms with Gasteiger partial charge in [-0.1, -0.05) is 18.2 Å². The predicted molar refractivity (Wildman–Crippen MR) is 154 cm³/mol. The van der Waals surface area contributed by atoms with Crippen molar-refractivity contribution in [1.29, 1.82) is 0 Å². The molecule has 0 saturated carbocycles. The van der Waals surface area contributed by atoms with E-state index in [1.54, 1.807) is 16.7 Å². The maximum absolute atomic E-state index is 15.2. The maximum Gasteiger partial charge on any atom is 0.417 e. The molecule has 15 heteroatoms. The number of rotatable bonds is 6. The molecule has 8 nitrogen and oxygen atoms in total. The van der Waals surface area contributed by atoms with Gasteiger partial charge in [0.2, 0.25) is 5.91 Å². The second-order valence-corrected chi connectivity index (χ2v) is 11.7. The number of nitrogens with two attached hydrogens (primary N) is 1. The van der Waals surface area contributed by atoms with Gasteiger partial charge in [-0.25, -0.2) is 13.6 Å². The number of ether oxygens (including phenoxy) is 1. The lowest BCUT2D eigenvalue weighted by molar-refractivity contribution is -0.137. The summed E-state index contributed by atoms with van der Waals surface area (Å²) in [5.74, 6) is -2.55. The van der Waals surface area contributed by atoms with Crippen LogP contribution in [0.2, 0.25) is 5.02 Å². The molecule has 2 atom stereocenters. The van der Waals surface area contributed by atoms with E-state index < -0.39 is 51.3 Å². The zero-order valence-electron chi connectivity index (χ0n) is 22.9. The minimum absolute atomic E-state index is 0.00615. The number of hydrogen-bond donors (Lipinski definition) is 1. The third kappa shape index (κ3) is 5.85. The number of hydrogen-bond acceptors (Lipinski definition) is 7. The van der Waals surface area contributed by atoms with E-state index in [2.05, 4.69) is 11.6 Å². The second-order valence-electron chi connectivity index (χ2n) is 10.2. The third-order valence-corrected chi connectivity index (χ3v) is 8.95. The lowest BCUT2D eigenvalue weighted by Gasteiger charge is -2.40. The van der Waals surface area contributed by atoms with Crippen LogP contribution in [0.1, 0.15) is 12.5 Å². The number of benzene rings is 2. The Bertz CT molecular complexity index is 1670. The van der Waals surface area contributed by atoms with Gasteiger partial charge in [0.1, 0.15) is 17.5 Å². The number of alkyl halides is 3. The predicted octanol–water partition coefficient (Wildman–Crippen LogP) is 4.69. The molecule has 2 aromatic carbocycles. The number of halogens is 6. The van der Waals surface area contributed by atoms with Crippen LogP contribution in [0.4, 0.5) is 27.8 Å². The van der Waals surface area contributed by atoms with Gasteiger partial charge in [0.25, 0.3) is 0 Å². The number of carbonyl (C=O) groups is 1. The Kier molecular flexibility index (Phi) is 8.76. The molecule has 43 heavy (non-hydrogen) atoms. The summed E-state index contributed by atoms with van der Waals surface area (Å²) in [7, 11) is 0. The molecule has 2 unspecified atom stereocenters. The fourth-order valence-electron chi connectivity index (χ4n) is 5.51. The van der Waals surface area contributed by atoms with Crippen LogP contribution in [0.3, 0.4) is 0 Å². The van der Waals surface area contributed by atoms with Gasteiger partial charge in [-0.15, -0.1) is 11.8 Å². The van der Waals surface area contributed by atoms with Gasteiger partial charge in [0.05, 0.1) is 35.4 Å². The summed E-state index contributed by atoms with van der Waals surface area (Å²) in [5, 5.41) is -0.546. The lowest BCUT2D eigenvalue weighted by Crippen LogP contribution is -2.54. The van der Waals surface area contributed by atoms with E-state index in [1.807, 2.05) is 0 Å². The fraction of sp³-hybridized carbons (Fsp3) is 0.393. The van der Waals surface area contributed by atoms with E-state index in [0.29, 0.717) is 6.07 Å². The molecule has 2 aliphatic heterocycles. The molecular formula is C28H27ClF5N5O3S. The standard InChI is InChI=1S/C28H27ClF5N5O3S/c1-3-22(40)38-6-5-37(11-14(38)2)26-17-8-18(28(32,33)34)23(16-9-19(29)21(31)10-20(16)30)25-24(17)39(27(41)36-26)12-15(13-43-25)42-7-4-35/h3,8-10,14-15H,1,4-7,11-13,35H2,2H3. The number of amides is 1. The Hall–Kier alpha value is -3.20. The van der Waals surface area contributed by atoms with Gasteiger partial charge in [0, 0.05) is 65.4 Å². The van der Waals surface area contributed by atoms with Crippen molar-refractivity contribution in [3.8, 4) is 11.1 Å². The van der Waals surface area contributed by atoms with Gasteiger partial charge in [-0.05, 0) is 25.1 Å². The van der Waals surface area contributed by atoms with Gasteiger partial charge >= 0.3 is 11.9 Å². The summed E-state index contributed by atoms with van der Waals surface area (Å²) in [6, 6.07) is 1.72. The normalized spacial score (nSPS) is 19.1. The van der Waals surface area contributed by atoms with Crippen LogP contribution in [0.15, 0.2) is 40.5 Å². The highest BCUT2D eigenvalue weighted by Crippen LogP contribution is 2.49. The number of thioether (sulfide) groups is 1. The first-order valence-electron chi connectivity index (χ1n) is 13.3. The van der Waals surface area contributed by atoms with E-state index in [-0.39, 0.29) is 78.6 Å². The van der Waals surface area contributed by atoms with Gasteiger partial charge < -0.3 is 20.3 Å².